The first-order valence-electron chi connectivity index (χ1n) is 7.11. The number of rotatable bonds is 4. The summed E-state index contributed by atoms with van der Waals surface area (Å²) in [7, 11) is 0. The summed E-state index contributed by atoms with van der Waals surface area (Å²) in [6.07, 6.45) is -1.60. The molecular weight excluding hydrogens is 265 g/mol. The van der Waals surface area contributed by atoms with Crippen molar-refractivity contribution in [1.29, 1.82) is 0 Å². The number of halogens is 3. The molecule has 5 heteroatoms. The van der Waals surface area contributed by atoms with Gasteiger partial charge in [-0.3, -0.25) is 0 Å². The molecule has 0 radical (unpaired) electrons. The molecule has 2 rings (SSSR count). The largest absolute Gasteiger partial charge is 0.416 e. The van der Waals surface area contributed by atoms with Gasteiger partial charge < -0.3 is 10.6 Å². The molecule has 0 bridgehead atoms. The van der Waals surface area contributed by atoms with E-state index >= 15 is 0 Å². The van der Waals surface area contributed by atoms with E-state index in [-0.39, 0.29) is 5.92 Å². The molecule has 0 saturated carbocycles. The average Bonchev–Trinajstić information content (AvgIpc) is 2.44. The highest BCUT2D eigenvalue weighted by atomic mass is 19.4. The van der Waals surface area contributed by atoms with E-state index in [2.05, 4.69) is 4.90 Å². The zero-order chi connectivity index (χ0) is 14.6. The van der Waals surface area contributed by atoms with Gasteiger partial charge in [0.25, 0.3) is 0 Å². The normalized spacial score (nSPS) is 21.1. The summed E-state index contributed by atoms with van der Waals surface area (Å²) < 4.78 is 39.2. The summed E-state index contributed by atoms with van der Waals surface area (Å²) in [6.45, 7) is 3.17. The van der Waals surface area contributed by atoms with Gasteiger partial charge >= 0.3 is 6.18 Å². The Bertz CT molecular complexity index is 431. The van der Waals surface area contributed by atoms with Crippen LogP contribution in [-0.4, -0.2) is 31.1 Å². The lowest BCUT2D eigenvalue weighted by Crippen LogP contribution is -2.36. The molecule has 1 aromatic carbocycles. The molecule has 112 valence electrons. The van der Waals surface area contributed by atoms with Crippen LogP contribution in [0.5, 0.6) is 0 Å². The van der Waals surface area contributed by atoms with E-state index in [1.807, 2.05) is 0 Å². The van der Waals surface area contributed by atoms with Crippen LogP contribution in [0.2, 0.25) is 0 Å². The molecular formula is C15H21F3N2. The minimum Gasteiger partial charge on any atom is -0.330 e. The van der Waals surface area contributed by atoms with Gasteiger partial charge in [0.2, 0.25) is 0 Å². The predicted octanol–water partition coefficient (Wildman–Crippen LogP) is 3.23. The second kappa shape index (κ2) is 6.59. The highest BCUT2D eigenvalue weighted by Crippen LogP contribution is 2.37. The van der Waals surface area contributed by atoms with E-state index in [1.165, 1.54) is 12.1 Å². The third-order valence-corrected chi connectivity index (χ3v) is 3.89. The van der Waals surface area contributed by atoms with Crippen LogP contribution in [0.1, 0.15) is 36.3 Å². The van der Waals surface area contributed by atoms with Crippen molar-refractivity contribution in [2.24, 2.45) is 5.73 Å². The maximum absolute atomic E-state index is 13.1. The van der Waals surface area contributed by atoms with Crippen LogP contribution in [0.25, 0.3) is 0 Å². The van der Waals surface area contributed by atoms with Gasteiger partial charge in [-0.05, 0) is 56.4 Å². The second-order valence-electron chi connectivity index (χ2n) is 5.37. The van der Waals surface area contributed by atoms with Crippen LogP contribution < -0.4 is 5.73 Å². The van der Waals surface area contributed by atoms with Crippen LogP contribution in [-0.2, 0) is 6.18 Å². The van der Waals surface area contributed by atoms with Gasteiger partial charge in [-0.15, -0.1) is 0 Å². The number of hydrogen-bond donors (Lipinski definition) is 1. The summed E-state index contributed by atoms with van der Waals surface area (Å²) >= 11 is 0. The van der Waals surface area contributed by atoms with Crippen molar-refractivity contribution in [1.82, 2.24) is 4.90 Å². The summed E-state index contributed by atoms with van der Waals surface area (Å²) in [6, 6.07) is 5.97. The molecule has 0 amide bonds. The third-order valence-electron chi connectivity index (χ3n) is 3.89. The van der Waals surface area contributed by atoms with Gasteiger partial charge in [-0.2, -0.15) is 13.2 Å². The fourth-order valence-corrected chi connectivity index (χ4v) is 2.94. The molecule has 1 unspecified atom stereocenters. The van der Waals surface area contributed by atoms with Gasteiger partial charge in [-0.25, -0.2) is 0 Å². The molecule has 0 aromatic heterocycles. The van der Waals surface area contributed by atoms with Crippen LogP contribution in [0, 0.1) is 0 Å². The maximum atomic E-state index is 13.1. The standard InChI is InChI=1S/C15H21F3N2/c16-15(17,18)14-7-2-1-6-13(14)12-5-3-9-20(11-12)10-4-8-19/h1-2,6-7,12H,3-5,8-11,19H2. The number of nitrogens with zero attached hydrogens (tertiary/aromatic N) is 1. The van der Waals surface area contributed by atoms with E-state index in [4.69, 9.17) is 5.73 Å². The Balaban J connectivity index is 2.15. The minimum atomic E-state index is -4.27. The Kier molecular flexibility index (Phi) is 5.05. The van der Waals surface area contributed by atoms with Gasteiger partial charge in [0, 0.05) is 6.54 Å². The Labute approximate surface area is 117 Å². The van der Waals surface area contributed by atoms with Crippen molar-refractivity contribution < 1.29 is 13.2 Å². The van der Waals surface area contributed by atoms with Crippen LogP contribution in [0.15, 0.2) is 24.3 Å². The van der Waals surface area contributed by atoms with E-state index in [0.29, 0.717) is 18.7 Å². The van der Waals surface area contributed by atoms with Crippen LogP contribution >= 0.6 is 0 Å². The van der Waals surface area contributed by atoms with E-state index in [9.17, 15) is 13.2 Å². The highest BCUT2D eigenvalue weighted by molar-refractivity contribution is 5.33. The number of hydrogen-bond acceptors (Lipinski definition) is 2. The first kappa shape index (κ1) is 15.3. The summed E-state index contributed by atoms with van der Waals surface area (Å²) in [5, 5.41) is 0. The smallest absolute Gasteiger partial charge is 0.330 e. The van der Waals surface area contributed by atoms with Crippen molar-refractivity contribution in [2.45, 2.75) is 31.4 Å². The summed E-state index contributed by atoms with van der Waals surface area (Å²) in [5.41, 5.74) is 5.46. The molecule has 1 heterocycles. The Hall–Kier alpha value is -1.07. The number of alkyl halides is 3. The fourth-order valence-electron chi connectivity index (χ4n) is 2.94. The van der Waals surface area contributed by atoms with Crippen molar-refractivity contribution in [2.75, 3.05) is 26.2 Å². The summed E-state index contributed by atoms with van der Waals surface area (Å²) in [4.78, 5) is 2.23. The molecule has 1 saturated heterocycles. The second-order valence-corrected chi connectivity index (χ2v) is 5.37. The third kappa shape index (κ3) is 3.73. The van der Waals surface area contributed by atoms with Crippen molar-refractivity contribution in [3.05, 3.63) is 35.4 Å². The number of nitrogens with two attached hydrogens (primary N) is 1. The maximum Gasteiger partial charge on any atom is 0.416 e. The van der Waals surface area contributed by atoms with Crippen LogP contribution in [0.4, 0.5) is 13.2 Å². The molecule has 2 nitrogen and oxygen atoms in total. The molecule has 0 spiro atoms. The van der Waals surface area contributed by atoms with Gasteiger partial charge in [0.05, 0.1) is 5.56 Å². The molecule has 1 fully saturated rings. The minimum absolute atomic E-state index is 0.0284. The number of piperidine rings is 1. The van der Waals surface area contributed by atoms with E-state index in [1.54, 1.807) is 12.1 Å². The monoisotopic (exact) mass is 286 g/mol. The molecule has 1 atom stereocenters. The van der Waals surface area contributed by atoms with Gasteiger partial charge in [0.1, 0.15) is 0 Å². The molecule has 0 aliphatic carbocycles. The lowest BCUT2D eigenvalue weighted by atomic mass is 9.87. The number of benzene rings is 1. The highest BCUT2D eigenvalue weighted by Gasteiger charge is 2.35. The Morgan fingerprint density at radius 3 is 2.70 bits per heavy atom. The van der Waals surface area contributed by atoms with Crippen molar-refractivity contribution in [3.63, 3.8) is 0 Å². The van der Waals surface area contributed by atoms with Crippen molar-refractivity contribution >= 4 is 0 Å². The quantitative estimate of drug-likeness (QED) is 0.920. The van der Waals surface area contributed by atoms with Gasteiger partial charge in [-0.1, -0.05) is 18.2 Å². The zero-order valence-corrected chi connectivity index (χ0v) is 11.5. The molecule has 20 heavy (non-hydrogen) atoms. The first-order valence-corrected chi connectivity index (χ1v) is 7.11. The predicted molar refractivity (Wildman–Crippen MR) is 73.5 cm³/mol. The van der Waals surface area contributed by atoms with E-state index in [0.717, 1.165) is 32.4 Å². The molecule has 1 aliphatic rings. The number of likely N-dealkylation sites (tertiary alicyclic amines) is 1. The fraction of sp³-hybridized carbons (Fsp3) is 0.600. The molecule has 2 N–H and O–H groups in total. The lowest BCUT2D eigenvalue weighted by molar-refractivity contribution is -0.138. The molecule has 1 aromatic rings. The Morgan fingerprint density at radius 2 is 2.00 bits per heavy atom. The lowest BCUT2D eigenvalue weighted by Gasteiger charge is -2.34. The van der Waals surface area contributed by atoms with Crippen LogP contribution in [0.3, 0.4) is 0 Å². The first-order chi connectivity index (χ1) is 9.52. The SMILES string of the molecule is NCCCN1CCCC(c2ccccc2C(F)(F)F)C1. The summed E-state index contributed by atoms with van der Waals surface area (Å²) in [5.74, 6) is -0.0284. The zero-order valence-electron chi connectivity index (χ0n) is 11.5. The molecule has 1 aliphatic heterocycles. The Morgan fingerprint density at radius 1 is 1.25 bits per heavy atom. The topological polar surface area (TPSA) is 29.3 Å². The van der Waals surface area contributed by atoms with Crippen molar-refractivity contribution in [3.8, 4) is 0 Å². The van der Waals surface area contributed by atoms with E-state index < -0.39 is 11.7 Å². The average molecular weight is 286 g/mol. The van der Waals surface area contributed by atoms with Gasteiger partial charge in [0.15, 0.2) is 0 Å².